The molecule has 0 atom stereocenters. The molecule has 3 aromatic carbocycles. The average molecular weight is 511 g/mol. The van der Waals surface area contributed by atoms with Gasteiger partial charge in [-0.3, -0.25) is 4.79 Å². The number of carbonyl (C=O) groups excluding carboxylic acids is 1. The van der Waals surface area contributed by atoms with Gasteiger partial charge in [-0.15, -0.1) is 0 Å². The number of hydrogen-bond acceptors (Lipinski definition) is 5. The van der Waals surface area contributed by atoms with Crippen LogP contribution in [0.15, 0.2) is 66.2 Å². The minimum absolute atomic E-state index is 0.0862. The molecule has 3 rings (SSSR count). The number of hydrogen-bond donors (Lipinski definition) is 2. The topological polar surface area (TPSA) is 109 Å². The van der Waals surface area contributed by atoms with Crippen molar-refractivity contribution >= 4 is 46.8 Å². The summed E-state index contributed by atoms with van der Waals surface area (Å²) >= 11 is 12.4. The number of carbonyl (C=O) groups is 2. The van der Waals surface area contributed by atoms with Gasteiger partial charge < -0.3 is 19.9 Å². The highest BCUT2D eigenvalue weighted by Gasteiger charge is 2.16. The first-order chi connectivity index (χ1) is 16.8. The normalized spacial score (nSPS) is 10.9. The third kappa shape index (κ3) is 6.54. The lowest BCUT2D eigenvalue weighted by Gasteiger charge is -2.14. The van der Waals surface area contributed by atoms with Gasteiger partial charge in [-0.25, -0.2) is 4.79 Å². The summed E-state index contributed by atoms with van der Waals surface area (Å²) in [4.78, 5) is 24.0. The van der Waals surface area contributed by atoms with E-state index in [-0.39, 0.29) is 23.4 Å². The number of aromatic carboxylic acids is 1. The highest BCUT2D eigenvalue weighted by molar-refractivity contribution is 6.35. The fourth-order valence-electron chi connectivity index (χ4n) is 3.11. The Balaban J connectivity index is 1.83. The number of rotatable bonds is 9. The molecular weight excluding hydrogens is 491 g/mol. The summed E-state index contributed by atoms with van der Waals surface area (Å²) in [5.41, 5.74) is 0.923. The van der Waals surface area contributed by atoms with Crippen LogP contribution in [0.4, 0.5) is 5.69 Å². The smallest absolute Gasteiger partial charge is 0.337 e. The lowest BCUT2D eigenvalue weighted by atomic mass is 10.1. The van der Waals surface area contributed by atoms with Crippen LogP contribution in [0.3, 0.4) is 0 Å². The van der Waals surface area contributed by atoms with Gasteiger partial charge in [0.15, 0.2) is 11.5 Å². The minimum atomic E-state index is -1.20. The zero-order valence-corrected chi connectivity index (χ0v) is 20.1. The number of carboxylic acids is 1. The van der Waals surface area contributed by atoms with Crippen LogP contribution >= 0.6 is 23.2 Å². The third-order valence-corrected chi connectivity index (χ3v) is 5.49. The molecule has 0 saturated heterocycles. The first-order valence-electron chi connectivity index (χ1n) is 10.4. The minimum Gasteiger partial charge on any atom is -0.490 e. The number of halogens is 2. The second kappa shape index (κ2) is 11.9. The summed E-state index contributed by atoms with van der Waals surface area (Å²) in [6, 6.07) is 17.9. The highest BCUT2D eigenvalue weighted by Crippen LogP contribution is 2.32. The van der Waals surface area contributed by atoms with E-state index in [1.165, 1.54) is 18.2 Å². The Bertz CT molecular complexity index is 1310. The lowest BCUT2D eigenvalue weighted by molar-refractivity contribution is -0.112. The van der Waals surface area contributed by atoms with Gasteiger partial charge in [0.05, 0.1) is 17.9 Å². The van der Waals surface area contributed by atoms with Gasteiger partial charge >= 0.3 is 5.97 Å². The molecule has 0 saturated carbocycles. The van der Waals surface area contributed by atoms with Crippen LogP contribution < -0.4 is 14.8 Å². The summed E-state index contributed by atoms with van der Waals surface area (Å²) < 4.78 is 11.5. The zero-order chi connectivity index (χ0) is 25.4. The number of nitriles is 1. The number of nitrogens with one attached hydrogen (secondary N) is 1. The molecule has 0 fully saturated rings. The average Bonchev–Trinajstić information content (AvgIpc) is 2.83. The number of benzene rings is 3. The van der Waals surface area contributed by atoms with Gasteiger partial charge in [-0.05, 0) is 55.0 Å². The van der Waals surface area contributed by atoms with Crippen molar-refractivity contribution in [2.45, 2.75) is 13.5 Å². The molecule has 2 N–H and O–H groups in total. The maximum Gasteiger partial charge on any atom is 0.337 e. The fraction of sp³-hybridized carbons (Fsp3) is 0.115. The monoisotopic (exact) mass is 510 g/mol. The molecule has 3 aromatic rings. The van der Waals surface area contributed by atoms with Gasteiger partial charge in [0.25, 0.3) is 5.91 Å². The fourth-order valence-corrected chi connectivity index (χ4v) is 3.61. The van der Waals surface area contributed by atoms with E-state index >= 15 is 0 Å². The van der Waals surface area contributed by atoms with Crippen LogP contribution in [0.5, 0.6) is 11.5 Å². The SMILES string of the molecule is CCOc1cc(/C=C(\C#N)C(=O)Nc2ccccc2C(=O)O)ccc1OCc1c(Cl)cccc1Cl. The van der Waals surface area contributed by atoms with E-state index in [9.17, 15) is 20.0 Å². The van der Waals surface area contributed by atoms with Crippen LogP contribution in [0.2, 0.25) is 10.0 Å². The van der Waals surface area contributed by atoms with E-state index in [0.717, 1.165) is 0 Å². The molecular formula is C26H20Cl2N2O5. The lowest BCUT2D eigenvalue weighted by Crippen LogP contribution is -2.16. The van der Waals surface area contributed by atoms with E-state index in [4.69, 9.17) is 32.7 Å². The van der Waals surface area contributed by atoms with Crippen molar-refractivity contribution in [3.8, 4) is 17.6 Å². The number of ether oxygens (including phenoxy) is 2. The van der Waals surface area contributed by atoms with Crippen molar-refractivity contribution in [1.82, 2.24) is 0 Å². The van der Waals surface area contributed by atoms with Crippen molar-refractivity contribution in [3.05, 3.63) is 93.0 Å². The number of amides is 1. The molecule has 0 radical (unpaired) electrons. The Labute approximate surface area is 212 Å². The molecule has 35 heavy (non-hydrogen) atoms. The predicted octanol–water partition coefficient (Wildman–Crippen LogP) is 6.21. The van der Waals surface area contributed by atoms with E-state index in [1.54, 1.807) is 48.5 Å². The second-order valence-electron chi connectivity index (χ2n) is 7.10. The van der Waals surface area contributed by atoms with E-state index < -0.39 is 11.9 Å². The number of nitrogens with zero attached hydrogens (tertiary/aromatic N) is 1. The Hall–Kier alpha value is -3.99. The van der Waals surface area contributed by atoms with Gasteiger partial charge in [0.1, 0.15) is 18.2 Å². The quantitative estimate of drug-likeness (QED) is 0.261. The molecule has 178 valence electrons. The maximum atomic E-state index is 12.6. The van der Waals surface area contributed by atoms with Gasteiger partial charge in [0, 0.05) is 15.6 Å². The molecule has 7 nitrogen and oxygen atoms in total. The number of carboxylic acid groups (broad SMARTS) is 1. The standard InChI is InChI=1S/C26H20Cl2N2O5/c1-2-34-24-13-16(10-11-23(24)35-15-19-20(27)7-5-8-21(19)28)12-17(14-29)25(31)30-22-9-4-3-6-18(22)26(32)33/h3-13H,2,15H2,1H3,(H,30,31)(H,32,33)/b17-12+. The summed E-state index contributed by atoms with van der Waals surface area (Å²) in [5.74, 6) is -1.11. The highest BCUT2D eigenvalue weighted by atomic mass is 35.5. The molecule has 0 aromatic heterocycles. The maximum absolute atomic E-state index is 12.6. The van der Waals surface area contributed by atoms with E-state index in [1.807, 2.05) is 13.0 Å². The van der Waals surface area contributed by atoms with Crippen molar-refractivity contribution < 1.29 is 24.2 Å². The summed E-state index contributed by atoms with van der Waals surface area (Å²) in [7, 11) is 0. The van der Waals surface area contributed by atoms with Crippen molar-refractivity contribution in [2.75, 3.05) is 11.9 Å². The predicted molar refractivity (Wildman–Crippen MR) is 134 cm³/mol. The van der Waals surface area contributed by atoms with E-state index in [2.05, 4.69) is 5.32 Å². The molecule has 0 aliphatic carbocycles. The molecule has 0 aliphatic rings. The first kappa shape index (κ1) is 25.6. The van der Waals surface area contributed by atoms with Crippen molar-refractivity contribution in [3.63, 3.8) is 0 Å². The molecule has 9 heteroatoms. The van der Waals surface area contributed by atoms with Crippen LogP contribution in [0, 0.1) is 11.3 Å². The Kier molecular flexibility index (Phi) is 8.74. The Morgan fingerprint density at radius 1 is 1.03 bits per heavy atom. The van der Waals surface area contributed by atoms with Crippen molar-refractivity contribution in [2.24, 2.45) is 0 Å². The summed E-state index contributed by atoms with van der Waals surface area (Å²) in [6.45, 7) is 2.28. The third-order valence-electron chi connectivity index (χ3n) is 4.78. The van der Waals surface area contributed by atoms with Crippen LogP contribution in [-0.2, 0) is 11.4 Å². The van der Waals surface area contributed by atoms with Gasteiger partial charge in [-0.2, -0.15) is 5.26 Å². The molecule has 1 amide bonds. The number of para-hydroxylation sites is 1. The van der Waals surface area contributed by atoms with Crippen molar-refractivity contribution in [1.29, 1.82) is 5.26 Å². The number of anilines is 1. The first-order valence-corrected chi connectivity index (χ1v) is 11.2. The zero-order valence-electron chi connectivity index (χ0n) is 18.5. The van der Waals surface area contributed by atoms with Crippen LogP contribution in [-0.4, -0.2) is 23.6 Å². The molecule has 0 heterocycles. The Morgan fingerprint density at radius 2 is 1.74 bits per heavy atom. The second-order valence-corrected chi connectivity index (χ2v) is 7.92. The molecule has 0 bridgehead atoms. The van der Waals surface area contributed by atoms with Crippen LogP contribution in [0.25, 0.3) is 6.08 Å². The Morgan fingerprint density at radius 3 is 2.40 bits per heavy atom. The molecule has 0 spiro atoms. The van der Waals surface area contributed by atoms with Crippen LogP contribution in [0.1, 0.15) is 28.4 Å². The van der Waals surface area contributed by atoms with Gasteiger partial charge in [0.2, 0.25) is 0 Å². The van der Waals surface area contributed by atoms with Gasteiger partial charge in [-0.1, -0.05) is 47.5 Å². The van der Waals surface area contributed by atoms with E-state index in [0.29, 0.717) is 39.3 Å². The summed E-state index contributed by atoms with van der Waals surface area (Å²) in [6.07, 6.45) is 1.37. The molecule has 0 aliphatic heterocycles. The summed E-state index contributed by atoms with van der Waals surface area (Å²) in [5, 5.41) is 22.2. The largest absolute Gasteiger partial charge is 0.490 e. The molecule has 0 unspecified atom stereocenters.